The van der Waals surface area contributed by atoms with E-state index in [1.165, 1.54) is 19.3 Å². The summed E-state index contributed by atoms with van der Waals surface area (Å²) in [6.07, 6.45) is 4.91. The smallest absolute Gasteiger partial charge is 0.0591 e. The molecule has 1 aliphatic rings. The first-order chi connectivity index (χ1) is 8.47. The van der Waals surface area contributed by atoms with Gasteiger partial charge in [0.25, 0.3) is 0 Å². The van der Waals surface area contributed by atoms with Crippen molar-refractivity contribution in [1.29, 1.82) is 0 Å². The van der Waals surface area contributed by atoms with Crippen molar-refractivity contribution in [2.45, 2.75) is 44.2 Å². The first-order valence-electron chi connectivity index (χ1n) is 6.63. The molecule has 2 rings (SSSR count). The quantitative estimate of drug-likeness (QED) is 0.913. The van der Waals surface area contributed by atoms with Crippen molar-refractivity contribution < 1.29 is 0 Å². The molecule has 0 aromatic carbocycles. The molecule has 0 radical (unpaired) electrons. The topological polar surface area (TPSA) is 29.3 Å². The highest BCUT2D eigenvalue weighted by atomic mass is 35.5. The Balaban J connectivity index is 2.33. The van der Waals surface area contributed by atoms with Crippen molar-refractivity contribution in [1.82, 2.24) is 4.90 Å². The van der Waals surface area contributed by atoms with Crippen LogP contribution in [0, 0.1) is 5.92 Å². The molecule has 0 spiro atoms. The van der Waals surface area contributed by atoms with Crippen LogP contribution in [-0.4, -0.2) is 24.5 Å². The van der Waals surface area contributed by atoms with Gasteiger partial charge in [-0.05, 0) is 44.3 Å². The second kappa shape index (κ2) is 5.49. The van der Waals surface area contributed by atoms with Gasteiger partial charge in [0.2, 0.25) is 0 Å². The fraction of sp³-hybridized carbons (Fsp3) is 0.714. The maximum absolute atomic E-state index is 6.60. The lowest BCUT2D eigenvalue weighted by Crippen LogP contribution is -2.54. The highest BCUT2D eigenvalue weighted by Crippen LogP contribution is 2.45. The Kier molecular flexibility index (Phi) is 4.37. The summed E-state index contributed by atoms with van der Waals surface area (Å²) >= 11 is 7.95. The second-order valence-electron chi connectivity index (χ2n) is 5.81. The van der Waals surface area contributed by atoms with Gasteiger partial charge in [0, 0.05) is 10.4 Å². The van der Waals surface area contributed by atoms with E-state index in [0.717, 1.165) is 22.2 Å². The molecule has 1 aromatic heterocycles. The molecule has 3 unspecified atom stereocenters. The highest BCUT2D eigenvalue weighted by molar-refractivity contribution is 7.10. The average Bonchev–Trinajstić information content (AvgIpc) is 2.74. The van der Waals surface area contributed by atoms with Gasteiger partial charge in [-0.1, -0.05) is 31.4 Å². The molecule has 0 aliphatic heterocycles. The Hall–Kier alpha value is -0.0900. The van der Waals surface area contributed by atoms with Gasteiger partial charge in [-0.3, -0.25) is 0 Å². The maximum atomic E-state index is 6.60. The average molecular weight is 287 g/mol. The SMILES string of the molecule is CC1CCCC(C(N)c2sccc2Cl)(N(C)C)C1. The van der Waals surface area contributed by atoms with E-state index < -0.39 is 0 Å². The summed E-state index contributed by atoms with van der Waals surface area (Å²) in [5, 5.41) is 2.86. The molecule has 3 atom stereocenters. The molecule has 1 aromatic rings. The van der Waals surface area contributed by atoms with Crippen molar-refractivity contribution in [2.75, 3.05) is 14.1 Å². The lowest BCUT2D eigenvalue weighted by atomic mass is 9.71. The number of likely N-dealkylation sites (N-methyl/N-ethyl adjacent to an activating group) is 1. The number of rotatable bonds is 3. The van der Waals surface area contributed by atoms with E-state index in [-0.39, 0.29) is 11.6 Å². The number of halogens is 1. The summed E-state index contributed by atoms with van der Waals surface area (Å²) < 4.78 is 0. The lowest BCUT2D eigenvalue weighted by Gasteiger charge is -2.48. The zero-order valence-corrected chi connectivity index (χ0v) is 13.0. The van der Waals surface area contributed by atoms with E-state index in [1.54, 1.807) is 11.3 Å². The summed E-state index contributed by atoms with van der Waals surface area (Å²) in [6, 6.07) is 1.97. The van der Waals surface area contributed by atoms with Gasteiger partial charge in [0.15, 0.2) is 0 Å². The van der Waals surface area contributed by atoms with E-state index >= 15 is 0 Å². The van der Waals surface area contributed by atoms with Crippen molar-refractivity contribution in [3.05, 3.63) is 21.3 Å². The largest absolute Gasteiger partial charge is 0.322 e. The summed E-state index contributed by atoms with van der Waals surface area (Å²) in [6.45, 7) is 2.33. The molecule has 1 saturated carbocycles. The molecule has 2 nitrogen and oxygen atoms in total. The maximum Gasteiger partial charge on any atom is 0.0591 e. The summed E-state index contributed by atoms with van der Waals surface area (Å²) in [4.78, 5) is 3.46. The van der Waals surface area contributed by atoms with Crippen LogP contribution in [0.2, 0.25) is 5.02 Å². The fourth-order valence-electron chi connectivity index (χ4n) is 3.30. The third-order valence-electron chi connectivity index (χ3n) is 4.41. The van der Waals surface area contributed by atoms with Gasteiger partial charge in [-0.15, -0.1) is 11.3 Å². The monoisotopic (exact) mass is 286 g/mol. The minimum Gasteiger partial charge on any atom is -0.322 e. The first kappa shape index (κ1) is 14.3. The molecule has 1 heterocycles. The van der Waals surface area contributed by atoms with Gasteiger partial charge >= 0.3 is 0 Å². The van der Waals surface area contributed by atoms with E-state index in [9.17, 15) is 0 Å². The van der Waals surface area contributed by atoms with E-state index in [0.29, 0.717) is 0 Å². The summed E-state index contributed by atoms with van der Waals surface area (Å²) in [5.74, 6) is 0.742. The molecule has 1 aliphatic carbocycles. The molecule has 0 amide bonds. The number of nitrogens with two attached hydrogens (primary N) is 1. The van der Waals surface area contributed by atoms with E-state index in [4.69, 9.17) is 17.3 Å². The zero-order valence-electron chi connectivity index (χ0n) is 11.4. The van der Waals surface area contributed by atoms with Crippen molar-refractivity contribution >= 4 is 22.9 Å². The second-order valence-corrected chi connectivity index (χ2v) is 7.16. The van der Waals surface area contributed by atoms with Gasteiger partial charge in [-0.25, -0.2) is 0 Å². The highest BCUT2D eigenvalue weighted by Gasteiger charge is 2.43. The van der Waals surface area contributed by atoms with Crippen LogP contribution >= 0.6 is 22.9 Å². The van der Waals surface area contributed by atoms with E-state index in [1.807, 2.05) is 11.4 Å². The van der Waals surface area contributed by atoms with Crippen LogP contribution in [0.15, 0.2) is 11.4 Å². The standard InChI is InChI=1S/C14H23ClN2S/c1-10-5-4-7-14(9-10,17(2)3)13(16)12-11(15)6-8-18-12/h6,8,10,13H,4-5,7,9,16H2,1-3H3. The molecule has 1 fully saturated rings. The predicted octanol–water partition coefficient (Wildman–Crippen LogP) is 3.91. The predicted molar refractivity (Wildman–Crippen MR) is 80.3 cm³/mol. The zero-order chi connectivity index (χ0) is 13.3. The van der Waals surface area contributed by atoms with Crippen LogP contribution in [0.25, 0.3) is 0 Å². The van der Waals surface area contributed by atoms with E-state index in [2.05, 4.69) is 25.9 Å². The number of thiophene rings is 1. The van der Waals surface area contributed by atoms with Crippen LogP contribution < -0.4 is 5.73 Å². The number of hydrogen-bond donors (Lipinski definition) is 1. The van der Waals surface area contributed by atoms with Crippen molar-refractivity contribution in [3.8, 4) is 0 Å². The third-order valence-corrected chi connectivity index (χ3v) is 5.85. The first-order valence-corrected chi connectivity index (χ1v) is 7.89. The molecule has 102 valence electrons. The molecule has 0 saturated heterocycles. The molecule has 2 N–H and O–H groups in total. The van der Waals surface area contributed by atoms with Gasteiger partial charge < -0.3 is 10.6 Å². The number of nitrogens with zero attached hydrogens (tertiary/aromatic N) is 1. The Morgan fingerprint density at radius 1 is 1.56 bits per heavy atom. The van der Waals surface area contributed by atoms with Crippen LogP contribution in [0.5, 0.6) is 0 Å². The fourth-order valence-corrected chi connectivity index (χ4v) is 4.59. The molecule has 0 bridgehead atoms. The van der Waals surface area contributed by atoms with Crippen LogP contribution in [-0.2, 0) is 0 Å². The number of hydrogen-bond acceptors (Lipinski definition) is 3. The minimum atomic E-state index is 0.0164. The summed E-state index contributed by atoms with van der Waals surface area (Å²) in [5.41, 5.74) is 6.66. The van der Waals surface area contributed by atoms with Crippen molar-refractivity contribution in [3.63, 3.8) is 0 Å². The lowest BCUT2D eigenvalue weighted by molar-refractivity contribution is 0.0510. The minimum absolute atomic E-state index is 0.0164. The summed E-state index contributed by atoms with van der Waals surface area (Å²) in [7, 11) is 4.30. The van der Waals surface area contributed by atoms with Crippen LogP contribution in [0.4, 0.5) is 0 Å². The normalized spacial score (nSPS) is 30.7. The van der Waals surface area contributed by atoms with Crippen molar-refractivity contribution in [2.24, 2.45) is 11.7 Å². The Morgan fingerprint density at radius 2 is 2.28 bits per heavy atom. The Labute approximate surface area is 119 Å². The Bertz CT molecular complexity index is 404. The molecular formula is C14H23ClN2S. The molecule has 4 heteroatoms. The Morgan fingerprint density at radius 3 is 2.78 bits per heavy atom. The van der Waals surface area contributed by atoms with Gasteiger partial charge in [0.05, 0.1) is 11.1 Å². The van der Waals surface area contributed by atoms with Gasteiger partial charge in [0.1, 0.15) is 0 Å². The molecule has 18 heavy (non-hydrogen) atoms. The van der Waals surface area contributed by atoms with Crippen LogP contribution in [0.3, 0.4) is 0 Å². The van der Waals surface area contributed by atoms with Crippen LogP contribution in [0.1, 0.15) is 43.5 Å². The van der Waals surface area contributed by atoms with Gasteiger partial charge in [-0.2, -0.15) is 0 Å². The third kappa shape index (κ3) is 2.46. The molecular weight excluding hydrogens is 264 g/mol.